The minimum absolute atomic E-state index is 0.00389. The molecule has 8 rings (SSSR count). The number of furan rings is 1. The van der Waals surface area contributed by atoms with Gasteiger partial charge in [-0.1, -0.05) is 109 Å². The highest BCUT2D eigenvalue weighted by molar-refractivity contribution is 6.03. The fraction of sp³-hybridized carbons (Fsp3) is 0.0526. The first-order chi connectivity index (χ1) is 20.7. The first kappa shape index (κ1) is 24.3. The quantitative estimate of drug-likeness (QED) is 0.178. The van der Waals surface area contributed by atoms with Crippen molar-refractivity contribution in [3.05, 3.63) is 161 Å². The van der Waals surface area contributed by atoms with Crippen molar-refractivity contribution in [3.8, 4) is 11.1 Å². The van der Waals surface area contributed by atoms with E-state index in [9.17, 15) is 0 Å². The lowest BCUT2D eigenvalue weighted by molar-refractivity contribution is 0.478. The molecule has 0 saturated carbocycles. The molecule has 5 aromatic carbocycles. The van der Waals surface area contributed by atoms with Gasteiger partial charge in [-0.3, -0.25) is 5.41 Å². The predicted molar refractivity (Wildman–Crippen MR) is 172 cm³/mol. The average Bonchev–Trinajstić information content (AvgIpc) is 3.60. The second-order valence-corrected chi connectivity index (χ2v) is 10.8. The molecule has 0 fully saturated rings. The van der Waals surface area contributed by atoms with E-state index in [-0.39, 0.29) is 17.8 Å². The smallest absolute Gasteiger partial charge is 0.151 e. The number of nitrogens with zero attached hydrogens (tertiary/aromatic N) is 2. The van der Waals surface area contributed by atoms with Gasteiger partial charge in [0, 0.05) is 40.0 Å². The van der Waals surface area contributed by atoms with Crippen molar-refractivity contribution < 1.29 is 4.42 Å². The number of hydrogen-bond donors (Lipinski definition) is 1. The van der Waals surface area contributed by atoms with Crippen LogP contribution in [-0.2, 0) is 0 Å². The number of fused-ring (bicyclic) bond motifs is 7. The lowest BCUT2D eigenvalue weighted by atomic mass is 9.85. The number of aliphatic imine (C=N–C) groups is 1. The Morgan fingerprint density at radius 1 is 0.762 bits per heavy atom. The third-order valence-corrected chi connectivity index (χ3v) is 8.33. The summed E-state index contributed by atoms with van der Waals surface area (Å²) in [5, 5.41) is 9.46. The Labute approximate surface area is 244 Å². The average molecular weight is 542 g/mol. The van der Waals surface area contributed by atoms with Crippen LogP contribution in [0.3, 0.4) is 0 Å². The molecule has 1 aromatic heterocycles. The van der Waals surface area contributed by atoms with Crippen LogP contribution in [0.5, 0.6) is 0 Å². The summed E-state index contributed by atoms with van der Waals surface area (Å²) < 4.78 is 6.60. The molecule has 4 heteroatoms. The molecular weight excluding hydrogens is 514 g/mol. The van der Waals surface area contributed by atoms with Gasteiger partial charge in [-0.15, -0.1) is 0 Å². The van der Waals surface area contributed by atoms with Gasteiger partial charge in [-0.05, 0) is 52.6 Å². The van der Waals surface area contributed by atoms with Gasteiger partial charge >= 0.3 is 0 Å². The summed E-state index contributed by atoms with van der Waals surface area (Å²) in [5.74, 6) is 1.41. The SMILES string of the molecule is N=C(N=Cc1ccc(N2c3ccc(-c4ccccc4)cc3C3C=Cc4c(oc5ccccc45)C32)cc1)c1ccccc1. The fourth-order valence-electron chi connectivity index (χ4n) is 6.33. The van der Waals surface area contributed by atoms with Crippen molar-refractivity contribution in [2.75, 3.05) is 4.90 Å². The molecule has 0 spiro atoms. The zero-order valence-corrected chi connectivity index (χ0v) is 22.8. The van der Waals surface area contributed by atoms with Gasteiger partial charge in [-0.25, -0.2) is 4.99 Å². The molecule has 1 aliphatic heterocycles. The number of anilines is 2. The summed E-state index contributed by atoms with van der Waals surface area (Å²) in [5.41, 5.74) is 9.83. The number of benzene rings is 5. The Morgan fingerprint density at radius 2 is 1.50 bits per heavy atom. The Hall–Kier alpha value is -5.48. The maximum atomic E-state index is 8.31. The Balaban J connectivity index is 1.20. The van der Waals surface area contributed by atoms with Crippen LogP contribution >= 0.6 is 0 Å². The zero-order valence-electron chi connectivity index (χ0n) is 22.8. The lowest BCUT2D eigenvalue weighted by Crippen LogP contribution is -2.23. The highest BCUT2D eigenvalue weighted by Gasteiger charge is 2.44. The molecule has 1 aliphatic carbocycles. The highest BCUT2D eigenvalue weighted by Crippen LogP contribution is 2.57. The Morgan fingerprint density at radius 3 is 2.31 bits per heavy atom. The second kappa shape index (κ2) is 9.86. The number of para-hydroxylation sites is 1. The monoisotopic (exact) mass is 541 g/mol. The van der Waals surface area contributed by atoms with Crippen molar-refractivity contribution in [2.45, 2.75) is 12.0 Å². The third kappa shape index (κ3) is 4.00. The minimum Gasteiger partial charge on any atom is -0.458 e. The van der Waals surface area contributed by atoms with E-state index < -0.39 is 0 Å². The first-order valence-corrected chi connectivity index (χ1v) is 14.2. The normalized spacial score (nSPS) is 16.9. The van der Waals surface area contributed by atoms with Crippen molar-refractivity contribution >= 4 is 40.5 Å². The van der Waals surface area contributed by atoms with Crippen LogP contribution in [-0.4, -0.2) is 12.1 Å². The predicted octanol–water partition coefficient (Wildman–Crippen LogP) is 9.55. The molecule has 6 aromatic rings. The summed E-state index contributed by atoms with van der Waals surface area (Å²) in [7, 11) is 0. The van der Waals surface area contributed by atoms with Crippen molar-refractivity contribution in [2.24, 2.45) is 4.99 Å². The summed E-state index contributed by atoms with van der Waals surface area (Å²) in [6.07, 6.45) is 6.34. The van der Waals surface area contributed by atoms with Crippen LogP contribution in [0.1, 0.15) is 40.0 Å². The molecule has 4 nitrogen and oxygen atoms in total. The van der Waals surface area contributed by atoms with E-state index in [0.717, 1.165) is 39.1 Å². The standard InChI is InChI=1S/C38H27N3O/c39-38(27-11-5-2-6-12-27)40-24-25-15-18-29(19-16-25)41-34-22-17-28(26-9-3-1-4-10-26)23-33(34)31-20-21-32-30-13-7-8-14-35(30)42-37(32)36(31)41/h1-24,31,36,39H. The number of hydrogen-bond acceptors (Lipinski definition) is 3. The van der Waals surface area contributed by atoms with E-state index in [4.69, 9.17) is 9.83 Å². The number of rotatable bonds is 4. The van der Waals surface area contributed by atoms with Crippen LogP contribution in [0.25, 0.3) is 28.2 Å². The van der Waals surface area contributed by atoms with E-state index in [2.05, 4.69) is 113 Å². The molecule has 0 saturated heterocycles. The Bertz CT molecular complexity index is 2000. The van der Waals surface area contributed by atoms with Crippen LogP contribution in [0.4, 0.5) is 11.4 Å². The molecule has 2 heterocycles. The van der Waals surface area contributed by atoms with Gasteiger partial charge in [0.2, 0.25) is 0 Å². The fourth-order valence-corrected chi connectivity index (χ4v) is 6.33. The van der Waals surface area contributed by atoms with E-state index in [0.29, 0.717) is 0 Å². The second-order valence-electron chi connectivity index (χ2n) is 10.8. The van der Waals surface area contributed by atoms with Gasteiger partial charge < -0.3 is 9.32 Å². The summed E-state index contributed by atoms with van der Waals surface area (Å²) in [6.45, 7) is 0. The molecule has 2 atom stereocenters. The largest absolute Gasteiger partial charge is 0.458 e. The van der Waals surface area contributed by atoms with Crippen LogP contribution in [0.15, 0.2) is 143 Å². The third-order valence-electron chi connectivity index (χ3n) is 8.33. The van der Waals surface area contributed by atoms with Gasteiger partial charge in [0.1, 0.15) is 17.4 Å². The molecule has 0 bridgehead atoms. The topological polar surface area (TPSA) is 52.6 Å². The maximum Gasteiger partial charge on any atom is 0.151 e. The van der Waals surface area contributed by atoms with E-state index >= 15 is 0 Å². The maximum absolute atomic E-state index is 8.31. The Kier molecular flexibility index (Phi) is 5.71. The zero-order chi connectivity index (χ0) is 28.0. The lowest BCUT2D eigenvalue weighted by Gasteiger charge is -2.30. The van der Waals surface area contributed by atoms with Gasteiger partial charge in [0.25, 0.3) is 0 Å². The van der Waals surface area contributed by atoms with E-state index in [1.165, 1.54) is 22.4 Å². The molecule has 2 aliphatic rings. The van der Waals surface area contributed by atoms with Crippen LogP contribution in [0, 0.1) is 5.41 Å². The van der Waals surface area contributed by atoms with E-state index in [1.54, 1.807) is 6.21 Å². The summed E-state index contributed by atoms with van der Waals surface area (Å²) in [4.78, 5) is 6.83. The molecule has 0 radical (unpaired) electrons. The van der Waals surface area contributed by atoms with Crippen molar-refractivity contribution in [3.63, 3.8) is 0 Å². The van der Waals surface area contributed by atoms with Crippen LogP contribution < -0.4 is 4.90 Å². The molecule has 0 amide bonds. The molecule has 200 valence electrons. The molecule has 2 unspecified atom stereocenters. The highest BCUT2D eigenvalue weighted by atomic mass is 16.3. The molecular formula is C38H27N3O. The molecule has 1 N–H and O–H groups in total. The van der Waals surface area contributed by atoms with Gasteiger partial charge in [0.05, 0.1) is 0 Å². The first-order valence-electron chi connectivity index (χ1n) is 14.2. The van der Waals surface area contributed by atoms with Crippen molar-refractivity contribution in [1.82, 2.24) is 0 Å². The number of amidine groups is 1. The number of nitrogens with one attached hydrogen (secondary N) is 1. The minimum atomic E-state index is 0.00389. The summed E-state index contributed by atoms with van der Waals surface area (Å²) in [6, 6.07) is 43.7. The molecule has 42 heavy (non-hydrogen) atoms. The van der Waals surface area contributed by atoms with Gasteiger partial charge in [-0.2, -0.15) is 0 Å². The van der Waals surface area contributed by atoms with Crippen LogP contribution in [0.2, 0.25) is 0 Å². The van der Waals surface area contributed by atoms with E-state index in [1.807, 2.05) is 36.4 Å². The summed E-state index contributed by atoms with van der Waals surface area (Å²) >= 11 is 0. The van der Waals surface area contributed by atoms with Gasteiger partial charge in [0.15, 0.2) is 5.84 Å². The van der Waals surface area contributed by atoms with Crippen molar-refractivity contribution in [1.29, 1.82) is 5.41 Å².